The van der Waals surface area contributed by atoms with E-state index in [1.807, 2.05) is 68.4 Å². The van der Waals surface area contributed by atoms with Crippen LogP contribution in [0.4, 0.5) is 9.93 Å². The normalized spacial score (nSPS) is 14.9. The molecule has 1 saturated heterocycles. The Kier molecular flexibility index (Phi) is 11.8. The standard InChI is InChI=1S/C32H41N5O4S/c1-23(2)20-27(35-32(40)37-17-8-3-4-9-18-37)29(38)34-28(30(39)36-31-33-16-19-42-31)21-24-12-14-26(15-13-24)41-22-25-10-6-5-7-11-25/h5-7,10-16,19,23,27-28H,3-4,8-9,17-18,20-22H2,1-2H3,(H,34,38)(H,35,40)(H,33,36,39)/t27-,28-/m0/s1. The van der Waals surface area contributed by atoms with Crippen LogP contribution in [0.15, 0.2) is 66.2 Å². The number of carbonyl (C=O) groups is 3. The maximum Gasteiger partial charge on any atom is 0.318 e. The summed E-state index contributed by atoms with van der Waals surface area (Å²) >= 11 is 1.31. The molecule has 2 aromatic carbocycles. The lowest BCUT2D eigenvalue weighted by Crippen LogP contribution is -2.55. The summed E-state index contributed by atoms with van der Waals surface area (Å²) in [4.78, 5) is 46.0. The monoisotopic (exact) mass is 591 g/mol. The van der Waals surface area contributed by atoms with Gasteiger partial charge in [-0.25, -0.2) is 9.78 Å². The fourth-order valence-corrected chi connectivity index (χ4v) is 5.41. The number of thiazole rings is 1. The molecule has 9 nitrogen and oxygen atoms in total. The molecule has 0 saturated carbocycles. The van der Waals surface area contributed by atoms with Crippen molar-refractivity contribution in [2.24, 2.45) is 5.92 Å². The highest BCUT2D eigenvalue weighted by Gasteiger charge is 2.29. The minimum atomic E-state index is -0.873. The molecule has 10 heteroatoms. The molecule has 224 valence electrons. The summed E-state index contributed by atoms with van der Waals surface area (Å²) in [5, 5.41) is 10.9. The Hall–Kier alpha value is -3.92. The first-order chi connectivity index (χ1) is 20.4. The van der Waals surface area contributed by atoms with Gasteiger partial charge >= 0.3 is 6.03 Å². The molecule has 4 rings (SSSR count). The Labute approximate surface area is 252 Å². The van der Waals surface area contributed by atoms with E-state index in [1.165, 1.54) is 11.3 Å². The quantitative estimate of drug-likeness (QED) is 0.262. The van der Waals surface area contributed by atoms with E-state index in [-0.39, 0.29) is 30.2 Å². The summed E-state index contributed by atoms with van der Waals surface area (Å²) in [6.07, 6.45) is 6.47. The van der Waals surface area contributed by atoms with E-state index in [1.54, 1.807) is 16.5 Å². The second kappa shape index (κ2) is 15.9. The lowest BCUT2D eigenvalue weighted by molar-refractivity contribution is -0.128. The summed E-state index contributed by atoms with van der Waals surface area (Å²) in [5.74, 6) is 0.124. The van der Waals surface area contributed by atoms with Gasteiger partial charge in [-0.3, -0.25) is 9.59 Å². The van der Waals surface area contributed by atoms with E-state index in [2.05, 4.69) is 20.9 Å². The molecular weight excluding hydrogens is 550 g/mol. The SMILES string of the molecule is CC(C)C[C@H](NC(=O)N1CCCCCC1)C(=O)N[C@@H](Cc1ccc(OCc2ccccc2)cc1)C(=O)Nc1nccs1. The molecule has 4 amide bonds. The third kappa shape index (κ3) is 9.87. The minimum absolute atomic E-state index is 0.163. The van der Waals surface area contributed by atoms with Gasteiger partial charge in [-0.05, 0) is 48.4 Å². The number of hydrogen-bond acceptors (Lipinski definition) is 6. The first-order valence-corrected chi connectivity index (χ1v) is 15.6. The molecule has 3 N–H and O–H groups in total. The predicted molar refractivity (Wildman–Crippen MR) is 165 cm³/mol. The Morgan fingerprint density at radius 2 is 1.60 bits per heavy atom. The molecule has 0 aliphatic carbocycles. The third-order valence-corrected chi connectivity index (χ3v) is 7.81. The molecule has 42 heavy (non-hydrogen) atoms. The highest BCUT2D eigenvalue weighted by atomic mass is 32.1. The van der Waals surface area contributed by atoms with Crippen LogP contribution in [0.5, 0.6) is 5.75 Å². The number of aromatic nitrogens is 1. The molecule has 1 aliphatic heterocycles. The molecule has 0 spiro atoms. The van der Waals surface area contributed by atoms with Crippen molar-refractivity contribution in [3.63, 3.8) is 0 Å². The van der Waals surface area contributed by atoms with Crippen molar-refractivity contribution in [1.82, 2.24) is 20.5 Å². The van der Waals surface area contributed by atoms with Crippen LogP contribution in [-0.2, 0) is 22.6 Å². The number of nitrogens with one attached hydrogen (secondary N) is 3. The Balaban J connectivity index is 1.44. The summed E-state index contributed by atoms with van der Waals surface area (Å²) < 4.78 is 5.90. The molecule has 1 aromatic heterocycles. The average molecular weight is 592 g/mol. The van der Waals surface area contributed by atoms with E-state index in [0.717, 1.165) is 36.8 Å². The van der Waals surface area contributed by atoms with Crippen LogP contribution in [0.1, 0.15) is 57.1 Å². The molecular formula is C32H41N5O4S. The van der Waals surface area contributed by atoms with Gasteiger partial charge in [0.25, 0.3) is 0 Å². The Morgan fingerprint density at radius 3 is 2.24 bits per heavy atom. The fraction of sp³-hybridized carbons (Fsp3) is 0.438. The zero-order chi connectivity index (χ0) is 29.7. The van der Waals surface area contributed by atoms with Crippen molar-refractivity contribution in [3.05, 3.63) is 77.3 Å². The van der Waals surface area contributed by atoms with Crippen molar-refractivity contribution in [3.8, 4) is 5.75 Å². The molecule has 0 unspecified atom stereocenters. The smallest absolute Gasteiger partial charge is 0.318 e. The fourth-order valence-electron chi connectivity index (χ4n) is 4.87. The number of ether oxygens (including phenoxy) is 1. The van der Waals surface area contributed by atoms with Gasteiger partial charge in [0.2, 0.25) is 11.8 Å². The second-order valence-electron chi connectivity index (χ2n) is 11.0. The highest BCUT2D eigenvalue weighted by Crippen LogP contribution is 2.18. The number of nitrogens with zero attached hydrogens (tertiary/aromatic N) is 2. The van der Waals surface area contributed by atoms with Gasteiger partial charge < -0.3 is 25.6 Å². The van der Waals surface area contributed by atoms with Crippen LogP contribution >= 0.6 is 11.3 Å². The van der Waals surface area contributed by atoms with Crippen LogP contribution in [0, 0.1) is 5.92 Å². The molecule has 1 fully saturated rings. The van der Waals surface area contributed by atoms with Gasteiger partial charge in [-0.2, -0.15) is 0 Å². The van der Waals surface area contributed by atoms with Crippen LogP contribution < -0.4 is 20.7 Å². The first-order valence-electron chi connectivity index (χ1n) is 14.7. The Bertz CT molecular complexity index is 1260. The summed E-state index contributed by atoms with van der Waals surface area (Å²) in [6, 6.07) is 15.6. The van der Waals surface area contributed by atoms with Gasteiger partial charge in [-0.15, -0.1) is 11.3 Å². The number of anilines is 1. The third-order valence-electron chi connectivity index (χ3n) is 7.12. The highest BCUT2D eigenvalue weighted by molar-refractivity contribution is 7.13. The number of carbonyl (C=O) groups excluding carboxylic acids is 3. The minimum Gasteiger partial charge on any atom is -0.489 e. The van der Waals surface area contributed by atoms with Gasteiger partial charge in [0.1, 0.15) is 24.4 Å². The number of amides is 4. The summed E-state index contributed by atoms with van der Waals surface area (Å²) in [5.41, 5.74) is 1.93. The number of hydrogen-bond donors (Lipinski definition) is 3. The topological polar surface area (TPSA) is 113 Å². The summed E-state index contributed by atoms with van der Waals surface area (Å²) in [6.45, 7) is 5.84. The van der Waals surface area contributed by atoms with Crippen molar-refractivity contribution in [1.29, 1.82) is 0 Å². The lowest BCUT2D eigenvalue weighted by atomic mass is 10.0. The van der Waals surface area contributed by atoms with Crippen LogP contribution in [-0.4, -0.2) is 52.9 Å². The molecule has 1 aliphatic rings. The van der Waals surface area contributed by atoms with Gasteiger partial charge in [0.05, 0.1) is 0 Å². The maximum absolute atomic E-state index is 13.6. The molecule has 3 aromatic rings. The lowest BCUT2D eigenvalue weighted by Gasteiger charge is -2.27. The van der Waals surface area contributed by atoms with Crippen LogP contribution in [0.3, 0.4) is 0 Å². The van der Waals surface area contributed by atoms with Crippen molar-refractivity contribution in [2.75, 3.05) is 18.4 Å². The van der Waals surface area contributed by atoms with Gasteiger partial charge in [0.15, 0.2) is 5.13 Å². The molecule has 0 bridgehead atoms. The van der Waals surface area contributed by atoms with Crippen molar-refractivity contribution in [2.45, 2.75) is 71.1 Å². The maximum atomic E-state index is 13.6. The second-order valence-corrected chi connectivity index (χ2v) is 11.9. The zero-order valence-electron chi connectivity index (χ0n) is 24.4. The van der Waals surface area contributed by atoms with Gasteiger partial charge in [-0.1, -0.05) is 69.2 Å². The molecule has 2 atom stereocenters. The predicted octanol–water partition coefficient (Wildman–Crippen LogP) is 5.39. The van der Waals surface area contributed by atoms with Crippen molar-refractivity contribution >= 4 is 34.3 Å². The van der Waals surface area contributed by atoms with Crippen molar-refractivity contribution < 1.29 is 19.1 Å². The van der Waals surface area contributed by atoms with E-state index in [4.69, 9.17) is 4.74 Å². The average Bonchev–Trinajstić information content (AvgIpc) is 3.34. The zero-order valence-corrected chi connectivity index (χ0v) is 25.2. The van der Waals surface area contributed by atoms with E-state index < -0.39 is 12.1 Å². The molecule has 2 heterocycles. The van der Waals surface area contributed by atoms with E-state index >= 15 is 0 Å². The van der Waals surface area contributed by atoms with E-state index in [9.17, 15) is 14.4 Å². The number of benzene rings is 2. The summed E-state index contributed by atoms with van der Waals surface area (Å²) in [7, 11) is 0. The van der Waals surface area contributed by atoms with Crippen LogP contribution in [0.2, 0.25) is 0 Å². The largest absolute Gasteiger partial charge is 0.489 e. The van der Waals surface area contributed by atoms with E-state index in [0.29, 0.717) is 37.0 Å². The first kappa shape index (κ1) is 31.0. The number of likely N-dealkylation sites (tertiary alicyclic amines) is 1. The number of urea groups is 1. The van der Waals surface area contributed by atoms with Crippen LogP contribution in [0.25, 0.3) is 0 Å². The Morgan fingerprint density at radius 1 is 0.881 bits per heavy atom. The molecule has 0 radical (unpaired) electrons. The van der Waals surface area contributed by atoms with Gasteiger partial charge in [0, 0.05) is 31.1 Å². The number of rotatable bonds is 12.